The third-order valence-corrected chi connectivity index (χ3v) is 2.52. The van der Waals surface area contributed by atoms with E-state index in [9.17, 15) is 4.57 Å². The van der Waals surface area contributed by atoms with Gasteiger partial charge in [0.15, 0.2) is 0 Å². The van der Waals surface area contributed by atoms with E-state index in [2.05, 4.69) is 11.7 Å². The Hall–Kier alpha value is 0.0300. The van der Waals surface area contributed by atoms with Crippen LogP contribution >= 0.6 is 7.82 Å². The Morgan fingerprint density at radius 1 is 1.07 bits per heavy atom. The Labute approximate surface area is 91.5 Å². The van der Waals surface area contributed by atoms with Crippen molar-refractivity contribution in [2.75, 3.05) is 13.2 Å². The van der Waals surface area contributed by atoms with Gasteiger partial charge in [-0.15, -0.1) is 0 Å². The number of hydrazine groups is 1. The van der Waals surface area contributed by atoms with Gasteiger partial charge in [-0.25, -0.2) is 4.57 Å². The molecule has 6 nitrogen and oxygen atoms in total. The summed E-state index contributed by atoms with van der Waals surface area (Å²) in [4.78, 5) is 9.08. The van der Waals surface area contributed by atoms with E-state index < -0.39 is 7.82 Å². The maximum atomic E-state index is 11.1. The van der Waals surface area contributed by atoms with Crippen LogP contribution < -0.4 is 11.7 Å². The maximum absolute atomic E-state index is 11.1. The van der Waals surface area contributed by atoms with E-state index >= 15 is 0 Å². The molecule has 5 N–H and O–H groups in total. The summed E-state index contributed by atoms with van der Waals surface area (Å²) in [5, 5.41) is 0. The van der Waals surface area contributed by atoms with Crippen molar-refractivity contribution in [3.05, 3.63) is 0 Å². The maximum Gasteiger partial charge on any atom is 0.472 e. The van der Waals surface area contributed by atoms with Gasteiger partial charge in [-0.05, 0) is 12.8 Å². The minimum atomic E-state index is -3.75. The topological polar surface area (TPSA) is 108 Å². The lowest BCUT2D eigenvalue weighted by molar-refractivity contribution is 0.146. The first-order valence-corrected chi connectivity index (χ1v) is 6.57. The largest absolute Gasteiger partial charge is 0.472 e. The third-order valence-electron chi connectivity index (χ3n) is 1.50. The number of phosphoric ester groups is 1. The second-order valence-corrected chi connectivity index (χ2v) is 4.30. The lowest BCUT2D eigenvalue weighted by atomic mass is 10.4. The molecule has 0 aliphatic rings. The normalized spacial score (nSPS) is 10.7. The molecule has 0 heterocycles. The molecule has 0 spiro atoms. The van der Waals surface area contributed by atoms with Gasteiger partial charge in [-0.3, -0.25) is 20.7 Å². The fourth-order valence-corrected chi connectivity index (χ4v) is 1.48. The van der Waals surface area contributed by atoms with Gasteiger partial charge in [-0.2, -0.15) is 0 Å². The number of hydrogen-bond acceptors (Lipinski definition) is 5. The molecule has 0 rings (SSSR count). The molecule has 0 unspecified atom stereocenters. The molecule has 0 saturated carbocycles. The van der Waals surface area contributed by atoms with E-state index in [1.54, 1.807) is 0 Å². The van der Waals surface area contributed by atoms with Gasteiger partial charge in [-0.1, -0.05) is 26.7 Å². The summed E-state index contributed by atoms with van der Waals surface area (Å²) in [7, 11) is -3.75. The van der Waals surface area contributed by atoms with Gasteiger partial charge in [0.05, 0.1) is 13.2 Å². The van der Waals surface area contributed by atoms with Crippen LogP contribution in [0.4, 0.5) is 0 Å². The van der Waals surface area contributed by atoms with Crippen LogP contribution in [0.5, 0.6) is 0 Å². The molecule has 15 heavy (non-hydrogen) atoms. The van der Waals surface area contributed by atoms with Crippen LogP contribution in [0.25, 0.3) is 0 Å². The van der Waals surface area contributed by atoms with Gasteiger partial charge in [0.1, 0.15) is 0 Å². The van der Waals surface area contributed by atoms with E-state index in [0.717, 1.165) is 25.7 Å². The molecule has 0 aliphatic carbocycles. The molecule has 0 bridgehead atoms. The Morgan fingerprint density at radius 2 is 1.40 bits per heavy atom. The second kappa shape index (κ2) is 12.1. The van der Waals surface area contributed by atoms with E-state index in [1.165, 1.54) is 0 Å². The zero-order chi connectivity index (χ0) is 12.2. The van der Waals surface area contributed by atoms with Crippen LogP contribution in [0, 0.1) is 0 Å². The molecular weight excluding hydrogens is 219 g/mol. The van der Waals surface area contributed by atoms with Crippen LogP contribution in [-0.4, -0.2) is 18.1 Å². The number of nitrogens with two attached hydrogens (primary N) is 2. The minimum absolute atomic E-state index is 0.288. The Bertz CT molecular complexity index is 155. The van der Waals surface area contributed by atoms with Crippen molar-refractivity contribution in [1.82, 2.24) is 0 Å². The van der Waals surface area contributed by atoms with Crippen molar-refractivity contribution in [3.63, 3.8) is 0 Å². The van der Waals surface area contributed by atoms with Gasteiger partial charge in [0, 0.05) is 0 Å². The molecule has 0 amide bonds. The number of hydrogen-bond donors (Lipinski definition) is 3. The number of rotatable bonds is 8. The summed E-state index contributed by atoms with van der Waals surface area (Å²) in [5.41, 5.74) is 0. The standard InChI is InChI=1S/C8H19O4P.H4N2/c1-3-5-7-11-13(9,10)12-8-6-4-2;1-2/h3-8H2,1-2H3,(H,9,10);1-2H2. The highest BCUT2D eigenvalue weighted by Crippen LogP contribution is 2.43. The van der Waals surface area contributed by atoms with Crippen LogP contribution in [0.2, 0.25) is 0 Å². The molecule has 0 aromatic rings. The average molecular weight is 242 g/mol. The first kappa shape index (κ1) is 17.4. The van der Waals surface area contributed by atoms with Crippen molar-refractivity contribution < 1.29 is 18.5 Å². The number of unbranched alkanes of at least 4 members (excludes halogenated alkanes) is 2. The molecule has 0 aliphatic heterocycles. The van der Waals surface area contributed by atoms with Crippen LogP contribution in [0.1, 0.15) is 39.5 Å². The predicted molar refractivity (Wildman–Crippen MR) is 59.9 cm³/mol. The summed E-state index contributed by atoms with van der Waals surface area (Å²) >= 11 is 0. The van der Waals surface area contributed by atoms with E-state index in [0.29, 0.717) is 0 Å². The number of phosphoric acid groups is 1. The first-order valence-electron chi connectivity index (χ1n) is 5.07. The van der Waals surface area contributed by atoms with Crippen molar-refractivity contribution in [2.45, 2.75) is 39.5 Å². The van der Waals surface area contributed by atoms with E-state index in [-0.39, 0.29) is 13.2 Å². The van der Waals surface area contributed by atoms with Gasteiger partial charge in [0.25, 0.3) is 0 Å². The molecule has 94 valence electrons. The Balaban J connectivity index is 0. The van der Waals surface area contributed by atoms with Crippen LogP contribution in [0.3, 0.4) is 0 Å². The van der Waals surface area contributed by atoms with E-state index in [1.807, 2.05) is 13.8 Å². The van der Waals surface area contributed by atoms with Crippen molar-refractivity contribution in [2.24, 2.45) is 11.7 Å². The molecule has 0 saturated heterocycles. The van der Waals surface area contributed by atoms with E-state index in [4.69, 9.17) is 13.9 Å². The highest BCUT2D eigenvalue weighted by molar-refractivity contribution is 7.47. The highest BCUT2D eigenvalue weighted by atomic mass is 31.2. The van der Waals surface area contributed by atoms with Gasteiger partial charge >= 0.3 is 7.82 Å². The molecular formula is C8H23N2O4P. The fourth-order valence-electron chi connectivity index (χ4n) is 0.686. The fraction of sp³-hybridized carbons (Fsp3) is 1.00. The molecule has 7 heteroatoms. The molecule has 0 radical (unpaired) electrons. The highest BCUT2D eigenvalue weighted by Gasteiger charge is 2.19. The van der Waals surface area contributed by atoms with Crippen molar-refractivity contribution in [3.8, 4) is 0 Å². The monoisotopic (exact) mass is 242 g/mol. The quantitative estimate of drug-likeness (QED) is 0.258. The summed E-state index contributed by atoms with van der Waals surface area (Å²) in [5.74, 6) is 8.00. The van der Waals surface area contributed by atoms with Crippen molar-refractivity contribution >= 4 is 7.82 Å². The molecule has 0 aromatic heterocycles. The predicted octanol–water partition coefficient (Wildman–Crippen LogP) is 1.54. The minimum Gasteiger partial charge on any atom is -0.302 e. The molecule has 0 atom stereocenters. The average Bonchev–Trinajstić information content (AvgIpc) is 2.21. The summed E-state index contributed by atoms with van der Waals surface area (Å²) in [6.07, 6.45) is 3.44. The lowest BCUT2D eigenvalue weighted by Crippen LogP contribution is -2.02. The summed E-state index contributed by atoms with van der Waals surface area (Å²) < 4.78 is 20.5. The summed E-state index contributed by atoms with van der Waals surface area (Å²) in [6, 6.07) is 0. The van der Waals surface area contributed by atoms with Crippen LogP contribution in [0.15, 0.2) is 0 Å². The summed E-state index contributed by atoms with van der Waals surface area (Å²) in [6.45, 7) is 4.56. The SMILES string of the molecule is CCCCOP(=O)(O)OCCCC.NN. The second-order valence-electron chi connectivity index (χ2n) is 2.84. The zero-order valence-corrected chi connectivity index (χ0v) is 10.4. The smallest absolute Gasteiger partial charge is 0.302 e. The van der Waals surface area contributed by atoms with Gasteiger partial charge < -0.3 is 4.89 Å². The Kier molecular flexibility index (Phi) is 14.1. The third kappa shape index (κ3) is 14.0. The lowest BCUT2D eigenvalue weighted by Gasteiger charge is -2.10. The van der Waals surface area contributed by atoms with Gasteiger partial charge in [0.2, 0.25) is 0 Å². The molecule has 0 fully saturated rings. The first-order chi connectivity index (χ1) is 7.12. The zero-order valence-electron chi connectivity index (χ0n) is 9.52. The van der Waals surface area contributed by atoms with Crippen molar-refractivity contribution in [1.29, 1.82) is 0 Å². The Morgan fingerprint density at radius 3 is 1.67 bits per heavy atom. The van der Waals surface area contributed by atoms with Crippen LogP contribution in [-0.2, 0) is 13.6 Å². The molecule has 0 aromatic carbocycles.